The monoisotopic (exact) mass is 315 g/mol. The molecule has 1 aromatic heterocycles. The van der Waals surface area contributed by atoms with E-state index in [-0.39, 0.29) is 11.8 Å². The lowest BCUT2D eigenvalue weighted by Crippen LogP contribution is -2.41. The van der Waals surface area contributed by atoms with Crippen LogP contribution in [0.3, 0.4) is 0 Å². The molecule has 1 aliphatic rings. The number of hydrogen-bond acceptors (Lipinski definition) is 5. The van der Waals surface area contributed by atoms with Crippen LogP contribution < -0.4 is 15.6 Å². The van der Waals surface area contributed by atoms with E-state index in [4.69, 9.17) is 4.74 Å². The molecule has 0 radical (unpaired) electrons. The summed E-state index contributed by atoms with van der Waals surface area (Å²) >= 11 is 0. The quantitative estimate of drug-likeness (QED) is 0.763. The van der Waals surface area contributed by atoms with Gasteiger partial charge in [0.15, 0.2) is 6.10 Å². The molecule has 3 N–H and O–H groups in total. The molecule has 1 atom stereocenters. The first-order chi connectivity index (χ1) is 11.1. The van der Waals surface area contributed by atoms with Crippen molar-refractivity contribution in [1.82, 2.24) is 15.3 Å². The Morgan fingerprint density at radius 3 is 3.09 bits per heavy atom. The van der Waals surface area contributed by atoms with Crippen molar-refractivity contribution in [1.29, 1.82) is 0 Å². The molecule has 0 fully saturated rings. The average molecular weight is 315 g/mol. The van der Waals surface area contributed by atoms with Crippen LogP contribution >= 0.6 is 0 Å². The highest BCUT2D eigenvalue weighted by molar-refractivity contribution is 5.81. The zero-order valence-electron chi connectivity index (χ0n) is 12.4. The summed E-state index contributed by atoms with van der Waals surface area (Å²) in [6, 6.07) is 8.67. The van der Waals surface area contributed by atoms with Gasteiger partial charge in [-0.1, -0.05) is 18.2 Å². The van der Waals surface area contributed by atoms with Crippen molar-refractivity contribution >= 4 is 5.91 Å². The van der Waals surface area contributed by atoms with Gasteiger partial charge in [0.2, 0.25) is 5.88 Å². The number of nitrogens with one attached hydrogen (secondary N) is 2. The van der Waals surface area contributed by atoms with Gasteiger partial charge in [0, 0.05) is 13.0 Å². The van der Waals surface area contributed by atoms with Crippen LogP contribution in [-0.4, -0.2) is 33.6 Å². The summed E-state index contributed by atoms with van der Waals surface area (Å²) in [7, 11) is 0. The van der Waals surface area contributed by atoms with Crippen LogP contribution in [0.4, 0.5) is 0 Å². The minimum atomic E-state index is -0.513. The van der Waals surface area contributed by atoms with Gasteiger partial charge in [0.1, 0.15) is 11.6 Å². The molecule has 2 heterocycles. The first kappa shape index (κ1) is 15.1. The molecule has 7 heteroatoms. The van der Waals surface area contributed by atoms with Crippen LogP contribution in [0.25, 0.3) is 0 Å². The third kappa shape index (κ3) is 3.68. The molecule has 3 rings (SSSR count). The van der Waals surface area contributed by atoms with Crippen LogP contribution in [-0.2, 0) is 17.6 Å². The van der Waals surface area contributed by atoms with Crippen LogP contribution in [0.1, 0.15) is 17.8 Å². The number of amides is 1. The summed E-state index contributed by atoms with van der Waals surface area (Å²) in [5.74, 6) is 0.549. The molecule has 120 valence electrons. The number of hydrogen-bond donors (Lipinski definition) is 3. The molecule has 0 spiro atoms. The van der Waals surface area contributed by atoms with Crippen molar-refractivity contribution in [3.63, 3.8) is 0 Å². The molecule has 0 bridgehead atoms. The van der Waals surface area contributed by atoms with Crippen molar-refractivity contribution in [2.45, 2.75) is 25.4 Å². The summed E-state index contributed by atoms with van der Waals surface area (Å²) in [6.07, 6.45) is 1.24. The highest BCUT2D eigenvalue weighted by Crippen LogP contribution is 2.26. The summed E-state index contributed by atoms with van der Waals surface area (Å²) in [5, 5.41) is 12.0. The maximum absolute atomic E-state index is 12.2. The van der Waals surface area contributed by atoms with E-state index in [9.17, 15) is 14.7 Å². The fourth-order valence-electron chi connectivity index (χ4n) is 2.54. The number of H-pyrrole nitrogens is 1. The van der Waals surface area contributed by atoms with Crippen LogP contribution in [0.15, 0.2) is 35.1 Å². The largest absolute Gasteiger partial charge is 0.493 e. The number of rotatable bonds is 4. The lowest BCUT2D eigenvalue weighted by atomic mass is 10.0. The number of para-hydroxylation sites is 1. The molecule has 2 aromatic rings. The summed E-state index contributed by atoms with van der Waals surface area (Å²) in [4.78, 5) is 29.7. The number of aromatic hydroxyl groups is 1. The van der Waals surface area contributed by atoms with Gasteiger partial charge in [-0.3, -0.25) is 9.59 Å². The van der Waals surface area contributed by atoms with Gasteiger partial charge < -0.3 is 20.1 Å². The number of aryl methyl sites for hydroxylation is 1. The number of aromatic amines is 1. The number of nitrogens with zero attached hydrogens (tertiary/aromatic N) is 1. The normalized spacial score (nSPS) is 16.3. The van der Waals surface area contributed by atoms with E-state index in [1.807, 2.05) is 24.3 Å². The van der Waals surface area contributed by atoms with E-state index in [1.54, 1.807) is 0 Å². The lowest BCUT2D eigenvalue weighted by molar-refractivity contribution is -0.128. The Bertz CT molecular complexity index is 772. The highest BCUT2D eigenvalue weighted by atomic mass is 16.5. The zero-order valence-corrected chi connectivity index (χ0v) is 12.4. The first-order valence-corrected chi connectivity index (χ1v) is 7.43. The minimum Gasteiger partial charge on any atom is -0.493 e. The molecular formula is C16H17N3O4. The third-order valence-electron chi connectivity index (χ3n) is 3.65. The zero-order chi connectivity index (χ0) is 16.2. The number of ether oxygens (including phenoxy) is 1. The maximum Gasteiger partial charge on any atom is 0.261 e. The molecular weight excluding hydrogens is 298 g/mol. The molecule has 23 heavy (non-hydrogen) atoms. The Balaban J connectivity index is 1.53. The Morgan fingerprint density at radius 2 is 2.26 bits per heavy atom. The molecule has 0 aliphatic carbocycles. The Kier molecular flexibility index (Phi) is 4.27. The second-order valence-electron chi connectivity index (χ2n) is 5.34. The number of fused-ring (bicyclic) bond motifs is 1. The third-order valence-corrected chi connectivity index (χ3v) is 3.65. The molecule has 1 amide bonds. The van der Waals surface area contributed by atoms with Gasteiger partial charge in [-0.2, -0.15) is 0 Å². The SMILES string of the molecule is O=C(NCCc1nc(O)cc(=O)[nH]1)C1CCc2ccccc2O1. The minimum absolute atomic E-state index is 0.193. The smallest absolute Gasteiger partial charge is 0.261 e. The number of aromatic nitrogens is 2. The van der Waals surface area contributed by atoms with Gasteiger partial charge in [-0.15, -0.1) is 0 Å². The van der Waals surface area contributed by atoms with Gasteiger partial charge in [0.25, 0.3) is 11.5 Å². The summed E-state index contributed by atoms with van der Waals surface area (Å²) < 4.78 is 5.71. The van der Waals surface area contributed by atoms with Crippen LogP contribution in [0.5, 0.6) is 11.6 Å². The van der Waals surface area contributed by atoms with Crippen molar-refractivity contribution in [3.8, 4) is 11.6 Å². The fraction of sp³-hybridized carbons (Fsp3) is 0.312. The summed E-state index contributed by atoms with van der Waals surface area (Å²) in [5.41, 5.74) is 0.684. The highest BCUT2D eigenvalue weighted by Gasteiger charge is 2.25. The second kappa shape index (κ2) is 6.51. The van der Waals surface area contributed by atoms with E-state index in [1.165, 1.54) is 0 Å². The van der Waals surface area contributed by atoms with E-state index in [0.717, 1.165) is 23.8 Å². The Morgan fingerprint density at radius 1 is 1.43 bits per heavy atom. The van der Waals surface area contributed by atoms with E-state index < -0.39 is 11.7 Å². The van der Waals surface area contributed by atoms with Gasteiger partial charge >= 0.3 is 0 Å². The average Bonchev–Trinajstić information content (AvgIpc) is 2.53. The Labute approximate surface area is 132 Å². The number of carbonyl (C=O) groups excluding carboxylic acids is 1. The predicted molar refractivity (Wildman–Crippen MR) is 82.4 cm³/mol. The second-order valence-corrected chi connectivity index (χ2v) is 5.34. The lowest BCUT2D eigenvalue weighted by Gasteiger charge is -2.25. The molecule has 0 saturated heterocycles. The van der Waals surface area contributed by atoms with Crippen molar-refractivity contribution in [3.05, 3.63) is 52.1 Å². The predicted octanol–water partition coefficient (Wildman–Crippen LogP) is 0.528. The number of carbonyl (C=O) groups is 1. The van der Waals surface area contributed by atoms with Gasteiger partial charge in [0.05, 0.1) is 6.07 Å². The standard InChI is InChI=1S/C16H17N3O4/c20-14-9-15(21)19-13(18-14)7-8-17-16(22)12-6-5-10-3-1-2-4-11(10)23-12/h1-4,9,12H,5-8H2,(H,17,22)(H2,18,19,20,21). The van der Waals surface area contributed by atoms with Gasteiger partial charge in [-0.05, 0) is 24.5 Å². The molecule has 7 nitrogen and oxygen atoms in total. The molecule has 1 aromatic carbocycles. The number of benzene rings is 1. The topological polar surface area (TPSA) is 104 Å². The van der Waals surface area contributed by atoms with Crippen LogP contribution in [0.2, 0.25) is 0 Å². The Hall–Kier alpha value is -2.83. The molecule has 1 unspecified atom stereocenters. The summed E-state index contributed by atoms with van der Waals surface area (Å²) in [6.45, 7) is 0.298. The molecule has 1 aliphatic heterocycles. The van der Waals surface area contributed by atoms with E-state index in [2.05, 4.69) is 15.3 Å². The van der Waals surface area contributed by atoms with E-state index >= 15 is 0 Å². The van der Waals surface area contributed by atoms with Gasteiger partial charge in [-0.25, -0.2) is 4.98 Å². The maximum atomic E-state index is 12.2. The van der Waals surface area contributed by atoms with Crippen molar-refractivity contribution in [2.24, 2.45) is 0 Å². The first-order valence-electron chi connectivity index (χ1n) is 7.43. The molecule has 0 saturated carbocycles. The van der Waals surface area contributed by atoms with Crippen molar-refractivity contribution < 1.29 is 14.6 Å². The van der Waals surface area contributed by atoms with Crippen LogP contribution in [0, 0.1) is 0 Å². The van der Waals surface area contributed by atoms with Crippen molar-refractivity contribution in [2.75, 3.05) is 6.54 Å². The van der Waals surface area contributed by atoms with E-state index in [0.29, 0.717) is 25.2 Å². The fourth-order valence-corrected chi connectivity index (χ4v) is 2.54.